The van der Waals surface area contributed by atoms with E-state index < -0.39 is 0 Å². The van der Waals surface area contributed by atoms with Crippen LogP contribution in [0.4, 0.5) is 0 Å². The maximum atomic E-state index is 13.3. The fraction of sp³-hybridized carbons (Fsp3) is 0.455. The molecule has 0 aliphatic carbocycles. The van der Waals surface area contributed by atoms with E-state index in [9.17, 15) is 9.59 Å². The van der Waals surface area contributed by atoms with E-state index in [1.807, 2.05) is 36.1 Å². The number of carbonyl (C=O) groups excluding carboxylic acids is 1. The van der Waals surface area contributed by atoms with Gasteiger partial charge in [-0.3, -0.25) is 14.2 Å². The first-order chi connectivity index (χ1) is 15.1. The molecule has 0 spiro atoms. The Bertz CT molecular complexity index is 1190. The number of hydrogen-bond acceptors (Lipinski definition) is 6. The summed E-state index contributed by atoms with van der Waals surface area (Å²) < 4.78 is 3.44. The second kappa shape index (κ2) is 8.12. The molecule has 9 heteroatoms. The van der Waals surface area contributed by atoms with Crippen LogP contribution in [-0.2, 0) is 4.79 Å². The van der Waals surface area contributed by atoms with Crippen LogP contribution in [0.5, 0.6) is 0 Å². The lowest BCUT2D eigenvalue weighted by Crippen LogP contribution is -2.49. The lowest BCUT2D eigenvalue weighted by molar-refractivity contribution is -0.133. The lowest BCUT2D eigenvalue weighted by atomic mass is 10.2. The predicted octanol–water partition coefficient (Wildman–Crippen LogP) is 2.09. The van der Waals surface area contributed by atoms with Gasteiger partial charge in [0.05, 0.1) is 17.9 Å². The van der Waals surface area contributed by atoms with E-state index in [0.717, 1.165) is 44.0 Å². The first-order valence-corrected chi connectivity index (χ1v) is 11.7. The Kier molecular flexibility index (Phi) is 5.31. The second-order valence-corrected chi connectivity index (χ2v) is 9.12. The van der Waals surface area contributed by atoms with Crippen LogP contribution in [0.1, 0.15) is 24.9 Å². The highest BCUT2D eigenvalue weighted by Crippen LogP contribution is 2.34. The van der Waals surface area contributed by atoms with Crippen molar-refractivity contribution in [3.8, 4) is 5.69 Å². The monoisotopic (exact) mass is 438 g/mol. The summed E-state index contributed by atoms with van der Waals surface area (Å²) in [4.78, 5) is 35.3. The number of piperazine rings is 1. The number of carbonyl (C=O) groups is 1. The van der Waals surface area contributed by atoms with Gasteiger partial charge in [-0.15, -0.1) is 0 Å². The molecular formula is C22H26N6O2S. The number of rotatable bonds is 4. The Morgan fingerprint density at radius 1 is 1.19 bits per heavy atom. The van der Waals surface area contributed by atoms with Crippen molar-refractivity contribution in [3.05, 3.63) is 46.4 Å². The molecule has 2 aliphatic heterocycles. The van der Waals surface area contributed by atoms with Crippen LogP contribution in [0.15, 0.2) is 40.4 Å². The van der Waals surface area contributed by atoms with Crippen molar-refractivity contribution in [2.24, 2.45) is 0 Å². The van der Waals surface area contributed by atoms with Crippen molar-refractivity contribution in [1.29, 1.82) is 0 Å². The normalized spacial score (nSPS) is 19.2. The largest absolute Gasteiger partial charge is 0.340 e. The number of aromatic nitrogens is 4. The molecule has 4 heterocycles. The van der Waals surface area contributed by atoms with Gasteiger partial charge in [-0.1, -0.05) is 36.9 Å². The molecule has 0 radical (unpaired) electrons. The van der Waals surface area contributed by atoms with Gasteiger partial charge in [-0.2, -0.15) is 5.10 Å². The van der Waals surface area contributed by atoms with Gasteiger partial charge in [0, 0.05) is 38.4 Å². The van der Waals surface area contributed by atoms with Crippen molar-refractivity contribution < 1.29 is 4.79 Å². The average Bonchev–Trinajstić information content (AvgIpc) is 3.39. The third kappa shape index (κ3) is 3.55. The Labute approximate surface area is 184 Å². The summed E-state index contributed by atoms with van der Waals surface area (Å²) in [5.74, 6) is 0.810. The molecule has 1 atom stereocenters. The van der Waals surface area contributed by atoms with Gasteiger partial charge >= 0.3 is 0 Å². The van der Waals surface area contributed by atoms with Crippen molar-refractivity contribution in [2.75, 3.05) is 38.5 Å². The molecule has 1 amide bonds. The Morgan fingerprint density at radius 2 is 1.97 bits per heavy atom. The van der Waals surface area contributed by atoms with E-state index in [1.165, 1.54) is 0 Å². The van der Waals surface area contributed by atoms with Gasteiger partial charge in [0.1, 0.15) is 5.39 Å². The summed E-state index contributed by atoms with van der Waals surface area (Å²) in [6.07, 6.45) is 1.93. The van der Waals surface area contributed by atoms with Crippen LogP contribution in [0.2, 0.25) is 0 Å². The maximum Gasteiger partial charge on any atom is 0.265 e. The number of benzene rings is 1. The predicted molar refractivity (Wildman–Crippen MR) is 121 cm³/mol. The van der Waals surface area contributed by atoms with E-state index in [-0.39, 0.29) is 17.5 Å². The first kappa shape index (κ1) is 20.3. The van der Waals surface area contributed by atoms with E-state index in [1.54, 1.807) is 27.2 Å². The first-order valence-electron chi connectivity index (χ1n) is 10.8. The number of likely N-dealkylation sites (N-methyl/N-ethyl adjacent to an activating group) is 1. The van der Waals surface area contributed by atoms with E-state index in [4.69, 9.17) is 4.98 Å². The second-order valence-electron chi connectivity index (χ2n) is 8.13. The minimum Gasteiger partial charge on any atom is -0.340 e. The van der Waals surface area contributed by atoms with Gasteiger partial charge in [0.25, 0.3) is 5.56 Å². The van der Waals surface area contributed by atoms with Crippen LogP contribution >= 0.6 is 11.8 Å². The molecule has 1 unspecified atom stereocenters. The number of para-hydroxylation sites is 1. The van der Waals surface area contributed by atoms with Gasteiger partial charge in [-0.05, 0) is 25.1 Å². The Hall–Kier alpha value is -2.65. The van der Waals surface area contributed by atoms with Gasteiger partial charge in [0.2, 0.25) is 5.91 Å². The van der Waals surface area contributed by atoms with Crippen molar-refractivity contribution in [2.45, 2.75) is 31.5 Å². The summed E-state index contributed by atoms with van der Waals surface area (Å²) >= 11 is 1.54. The molecule has 0 N–H and O–H groups in total. The topological polar surface area (TPSA) is 76.3 Å². The van der Waals surface area contributed by atoms with Gasteiger partial charge in [0.15, 0.2) is 10.8 Å². The molecule has 1 saturated heterocycles. The third-order valence-electron chi connectivity index (χ3n) is 6.30. The standard InChI is InChI=1S/C22H26N6O2S/c1-3-25-8-10-26(11-9-25)19(29)12-16-14-31-22-24-20-17(21(30)27(16)22)13-23-28(20)18-7-5-4-6-15(18)2/h4-7,13,16H,3,8-12,14H2,1-2H3. The quantitative estimate of drug-likeness (QED) is 0.581. The highest BCUT2D eigenvalue weighted by atomic mass is 32.2. The fourth-order valence-corrected chi connectivity index (χ4v) is 5.53. The number of amides is 1. The van der Waals surface area contributed by atoms with Crippen LogP contribution in [0.25, 0.3) is 16.7 Å². The summed E-state index contributed by atoms with van der Waals surface area (Å²) in [5, 5.41) is 5.61. The zero-order valence-electron chi connectivity index (χ0n) is 17.8. The third-order valence-corrected chi connectivity index (χ3v) is 7.39. The fourth-order valence-electron chi connectivity index (χ4n) is 4.40. The molecular weight excluding hydrogens is 412 g/mol. The van der Waals surface area contributed by atoms with Crippen molar-refractivity contribution >= 4 is 28.7 Å². The summed E-state index contributed by atoms with van der Waals surface area (Å²) in [6.45, 7) is 8.52. The lowest BCUT2D eigenvalue weighted by Gasteiger charge is -2.34. The molecule has 3 aromatic rings. The highest BCUT2D eigenvalue weighted by Gasteiger charge is 2.31. The highest BCUT2D eigenvalue weighted by molar-refractivity contribution is 7.99. The van der Waals surface area contributed by atoms with Crippen LogP contribution in [0, 0.1) is 6.92 Å². The van der Waals surface area contributed by atoms with Crippen LogP contribution in [0.3, 0.4) is 0 Å². The summed E-state index contributed by atoms with van der Waals surface area (Å²) in [5.41, 5.74) is 2.43. The number of nitrogens with zero attached hydrogens (tertiary/aromatic N) is 6. The number of fused-ring (bicyclic) bond motifs is 2. The number of thioether (sulfide) groups is 1. The molecule has 2 aromatic heterocycles. The van der Waals surface area contributed by atoms with E-state index in [2.05, 4.69) is 16.9 Å². The molecule has 2 aliphatic rings. The molecule has 31 heavy (non-hydrogen) atoms. The molecule has 162 valence electrons. The summed E-state index contributed by atoms with van der Waals surface area (Å²) in [7, 11) is 0. The van der Waals surface area contributed by atoms with Crippen molar-refractivity contribution in [3.63, 3.8) is 0 Å². The SMILES string of the molecule is CCN1CCN(C(=O)CC2CSc3nc4c(cnn4-c4ccccc4C)c(=O)n32)CC1. The average molecular weight is 439 g/mol. The van der Waals surface area contributed by atoms with E-state index in [0.29, 0.717) is 28.4 Å². The van der Waals surface area contributed by atoms with Crippen LogP contribution in [-0.4, -0.2) is 73.5 Å². The zero-order valence-corrected chi connectivity index (χ0v) is 18.6. The van der Waals surface area contributed by atoms with E-state index >= 15 is 0 Å². The van der Waals surface area contributed by atoms with Gasteiger partial charge in [-0.25, -0.2) is 9.67 Å². The molecule has 0 saturated carbocycles. The van der Waals surface area contributed by atoms with Crippen LogP contribution < -0.4 is 5.56 Å². The molecule has 1 aromatic carbocycles. The summed E-state index contributed by atoms with van der Waals surface area (Å²) in [6, 6.07) is 7.75. The smallest absolute Gasteiger partial charge is 0.265 e. The number of hydrogen-bond donors (Lipinski definition) is 0. The Morgan fingerprint density at radius 3 is 2.71 bits per heavy atom. The molecule has 5 rings (SSSR count). The molecule has 1 fully saturated rings. The van der Waals surface area contributed by atoms with Gasteiger partial charge < -0.3 is 9.80 Å². The minimum atomic E-state index is -0.164. The minimum absolute atomic E-state index is 0.113. The number of aryl methyl sites for hydroxylation is 1. The zero-order chi connectivity index (χ0) is 21.5. The Balaban J connectivity index is 1.43. The van der Waals surface area contributed by atoms with Crippen molar-refractivity contribution in [1.82, 2.24) is 29.1 Å². The molecule has 0 bridgehead atoms. The molecule has 8 nitrogen and oxygen atoms in total. The maximum absolute atomic E-state index is 13.3.